The third kappa shape index (κ3) is 3.48. The molecule has 0 unspecified atom stereocenters. The molecule has 1 aliphatic rings. The van der Waals surface area contributed by atoms with E-state index in [1.807, 2.05) is 35.2 Å². The number of anilines is 4. The second-order valence-electron chi connectivity index (χ2n) is 5.68. The lowest BCUT2D eigenvalue weighted by Crippen LogP contribution is -2.37. The number of nitrogens with zero attached hydrogens (tertiary/aromatic N) is 3. The number of hydrazine groups is 1. The summed E-state index contributed by atoms with van der Waals surface area (Å²) < 4.78 is 0. The lowest BCUT2D eigenvalue weighted by atomic mass is 9.97. The van der Waals surface area contributed by atoms with Crippen molar-refractivity contribution in [1.29, 1.82) is 0 Å². The number of para-hydroxylation sites is 1. The van der Waals surface area contributed by atoms with E-state index in [4.69, 9.17) is 10.8 Å². The third-order valence-corrected chi connectivity index (χ3v) is 4.11. The Balaban J connectivity index is 1.68. The van der Waals surface area contributed by atoms with Gasteiger partial charge >= 0.3 is 5.97 Å². The van der Waals surface area contributed by atoms with E-state index >= 15 is 0 Å². The summed E-state index contributed by atoms with van der Waals surface area (Å²) in [5.74, 6) is 0.0943. The molecule has 0 aliphatic carbocycles. The topological polar surface area (TPSA) is 116 Å². The van der Waals surface area contributed by atoms with Crippen molar-refractivity contribution >= 4 is 29.0 Å². The molecule has 0 atom stereocenters. The number of aromatic nitrogens is 2. The zero-order chi connectivity index (χ0) is 16.9. The lowest BCUT2D eigenvalue weighted by Gasteiger charge is -2.31. The highest BCUT2D eigenvalue weighted by Crippen LogP contribution is 2.29. The van der Waals surface area contributed by atoms with Gasteiger partial charge in [0.05, 0.1) is 11.6 Å². The molecule has 1 aliphatic heterocycles. The van der Waals surface area contributed by atoms with Gasteiger partial charge in [-0.15, -0.1) is 0 Å². The summed E-state index contributed by atoms with van der Waals surface area (Å²) in [4.78, 5) is 21.5. The monoisotopic (exact) mass is 328 g/mol. The molecule has 0 bridgehead atoms. The van der Waals surface area contributed by atoms with Crippen LogP contribution in [-0.2, 0) is 4.79 Å². The maximum Gasteiger partial charge on any atom is 0.306 e. The van der Waals surface area contributed by atoms with Crippen LogP contribution >= 0.6 is 0 Å². The van der Waals surface area contributed by atoms with E-state index in [1.165, 1.54) is 6.33 Å². The fourth-order valence-corrected chi connectivity index (χ4v) is 2.73. The van der Waals surface area contributed by atoms with Gasteiger partial charge in [-0.3, -0.25) is 15.6 Å². The van der Waals surface area contributed by atoms with Crippen LogP contribution in [0.4, 0.5) is 23.0 Å². The van der Waals surface area contributed by atoms with Gasteiger partial charge in [-0.2, -0.15) is 0 Å². The van der Waals surface area contributed by atoms with Crippen LogP contribution in [0.25, 0.3) is 0 Å². The third-order valence-electron chi connectivity index (χ3n) is 4.11. The summed E-state index contributed by atoms with van der Waals surface area (Å²) in [6, 6.07) is 9.61. The van der Waals surface area contributed by atoms with Crippen molar-refractivity contribution in [3.63, 3.8) is 0 Å². The van der Waals surface area contributed by atoms with Crippen LogP contribution in [0.5, 0.6) is 0 Å². The average molecular weight is 328 g/mol. The number of piperidine rings is 1. The van der Waals surface area contributed by atoms with Crippen molar-refractivity contribution in [1.82, 2.24) is 9.97 Å². The summed E-state index contributed by atoms with van der Waals surface area (Å²) in [7, 11) is 0. The second-order valence-corrected chi connectivity index (χ2v) is 5.68. The van der Waals surface area contributed by atoms with Gasteiger partial charge < -0.3 is 15.7 Å². The molecule has 0 saturated carbocycles. The van der Waals surface area contributed by atoms with E-state index in [0.717, 1.165) is 5.69 Å². The van der Waals surface area contributed by atoms with Gasteiger partial charge in [0.15, 0.2) is 11.6 Å². The summed E-state index contributed by atoms with van der Waals surface area (Å²) in [6.07, 6.45) is 2.62. The zero-order valence-electron chi connectivity index (χ0n) is 13.1. The van der Waals surface area contributed by atoms with Crippen molar-refractivity contribution < 1.29 is 9.90 Å². The van der Waals surface area contributed by atoms with Crippen molar-refractivity contribution in [3.8, 4) is 0 Å². The maximum absolute atomic E-state index is 11.1. The summed E-state index contributed by atoms with van der Waals surface area (Å²) in [5, 5.41) is 9.08. The quantitative estimate of drug-likeness (QED) is 0.614. The van der Waals surface area contributed by atoms with Crippen LogP contribution in [0.2, 0.25) is 0 Å². The number of nitrogens with two attached hydrogens (primary N) is 1. The standard InChI is InChI=1S/C16H20N6O2/c17-13-14(21-20-12-4-2-1-3-5-12)18-10-19-15(13)22-8-6-11(7-9-22)16(23)24/h1-5,10-11,20H,6-9,17H2,(H,23,24)(H,18,19,21). The second kappa shape index (κ2) is 7.03. The molecule has 0 spiro atoms. The van der Waals surface area contributed by atoms with Crippen molar-refractivity contribution in [2.24, 2.45) is 5.92 Å². The first kappa shape index (κ1) is 15.9. The normalized spacial score (nSPS) is 15.1. The number of hydrogen-bond acceptors (Lipinski definition) is 7. The Morgan fingerprint density at radius 1 is 1.17 bits per heavy atom. The molecule has 0 radical (unpaired) electrons. The SMILES string of the molecule is Nc1c(NNc2ccccc2)ncnc1N1CCC(C(=O)O)CC1. The van der Waals surface area contributed by atoms with E-state index < -0.39 is 5.97 Å². The molecule has 1 aromatic heterocycles. The number of carboxylic acid groups (broad SMARTS) is 1. The highest BCUT2D eigenvalue weighted by Gasteiger charge is 2.26. The van der Waals surface area contributed by atoms with E-state index in [0.29, 0.717) is 43.3 Å². The van der Waals surface area contributed by atoms with Gasteiger partial charge in [-0.25, -0.2) is 9.97 Å². The van der Waals surface area contributed by atoms with Crippen molar-refractivity contribution in [3.05, 3.63) is 36.7 Å². The largest absolute Gasteiger partial charge is 0.481 e. The zero-order valence-corrected chi connectivity index (χ0v) is 13.1. The molecule has 8 heteroatoms. The van der Waals surface area contributed by atoms with Gasteiger partial charge in [0.1, 0.15) is 12.0 Å². The maximum atomic E-state index is 11.1. The van der Waals surface area contributed by atoms with Crippen LogP contribution < -0.4 is 21.5 Å². The number of carbonyl (C=O) groups is 1. The van der Waals surface area contributed by atoms with E-state index in [-0.39, 0.29) is 5.92 Å². The molecular formula is C16H20N6O2. The molecular weight excluding hydrogens is 308 g/mol. The lowest BCUT2D eigenvalue weighted by molar-refractivity contribution is -0.142. The Labute approximate surface area is 139 Å². The minimum atomic E-state index is -0.736. The Hall–Kier alpha value is -3.03. The van der Waals surface area contributed by atoms with E-state index in [1.54, 1.807) is 0 Å². The van der Waals surface area contributed by atoms with Crippen LogP contribution in [0.1, 0.15) is 12.8 Å². The minimum Gasteiger partial charge on any atom is -0.481 e. The van der Waals surface area contributed by atoms with Crippen molar-refractivity contribution in [2.75, 3.05) is 34.6 Å². The molecule has 0 amide bonds. The molecule has 2 aromatic rings. The predicted octanol–water partition coefficient (Wildman–Crippen LogP) is 1.80. The van der Waals surface area contributed by atoms with Gasteiger partial charge in [0.25, 0.3) is 0 Å². The fourth-order valence-electron chi connectivity index (χ4n) is 2.73. The molecule has 24 heavy (non-hydrogen) atoms. The highest BCUT2D eigenvalue weighted by atomic mass is 16.4. The van der Waals surface area contributed by atoms with Gasteiger partial charge in [0.2, 0.25) is 0 Å². The summed E-state index contributed by atoms with van der Waals surface area (Å²) >= 11 is 0. The number of nitrogens with one attached hydrogen (secondary N) is 2. The minimum absolute atomic E-state index is 0.290. The van der Waals surface area contributed by atoms with E-state index in [2.05, 4.69) is 20.8 Å². The molecule has 3 rings (SSSR count). The highest BCUT2D eigenvalue weighted by molar-refractivity contribution is 5.76. The van der Waals surface area contributed by atoms with Gasteiger partial charge in [-0.1, -0.05) is 18.2 Å². The summed E-state index contributed by atoms with van der Waals surface area (Å²) in [5.41, 5.74) is 13.5. The fraction of sp³-hybridized carbons (Fsp3) is 0.312. The Kier molecular flexibility index (Phi) is 4.64. The van der Waals surface area contributed by atoms with Gasteiger partial charge in [-0.05, 0) is 25.0 Å². The Bertz CT molecular complexity index is 701. The number of benzene rings is 1. The first-order valence-corrected chi connectivity index (χ1v) is 7.80. The number of carboxylic acids is 1. The smallest absolute Gasteiger partial charge is 0.306 e. The average Bonchev–Trinajstić information content (AvgIpc) is 2.62. The first-order valence-electron chi connectivity index (χ1n) is 7.80. The van der Waals surface area contributed by atoms with Gasteiger partial charge in [0, 0.05) is 13.1 Å². The number of aliphatic carboxylic acids is 1. The Morgan fingerprint density at radius 2 is 1.88 bits per heavy atom. The van der Waals surface area contributed by atoms with Crippen molar-refractivity contribution in [2.45, 2.75) is 12.8 Å². The molecule has 1 aromatic carbocycles. The van der Waals surface area contributed by atoms with Crippen LogP contribution in [-0.4, -0.2) is 34.1 Å². The summed E-state index contributed by atoms with van der Waals surface area (Å²) in [6.45, 7) is 1.23. The van der Waals surface area contributed by atoms with Crippen LogP contribution in [0.15, 0.2) is 36.7 Å². The Morgan fingerprint density at radius 3 is 2.54 bits per heavy atom. The predicted molar refractivity (Wildman–Crippen MR) is 92.7 cm³/mol. The number of nitrogen functional groups attached to an aromatic ring is 1. The van der Waals surface area contributed by atoms with Crippen LogP contribution in [0.3, 0.4) is 0 Å². The molecule has 126 valence electrons. The molecule has 1 saturated heterocycles. The first-order chi connectivity index (χ1) is 11.6. The number of hydrogen-bond donors (Lipinski definition) is 4. The molecule has 2 heterocycles. The molecule has 5 N–H and O–H groups in total. The van der Waals surface area contributed by atoms with E-state index in [9.17, 15) is 4.79 Å². The molecule has 8 nitrogen and oxygen atoms in total. The number of rotatable bonds is 5. The molecule has 1 fully saturated rings. The van der Waals surface area contributed by atoms with Crippen LogP contribution in [0, 0.1) is 5.92 Å².